The Morgan fingerprint density at radius 2 is 2.00 bits per heavy atom. The third-order valence-electron chi connectivity index (χ3n) is 5.41. The van der Waals surface area contributed by atoms with E-state index in [9.17, 15) is 23.1 Å². The van der Waals surface area contributed by atoms with Crippen LogP contribution in [-0.4, -0.2) is 74.0 Å². The molecule has 2 rings (SSSR count). The van der Waals surface area contributed by atoms with Crippen molar-refractivity contribution in [3.63, 3.8) is 0 Å². The molecule has 0 unspecified atom stereocenters. The highest BCUT2D eigenvalue weighted by atomic mass is 32.2. The largest absolute Gasteiger partial charge is 0.394 e. The van der Waals surface area contributed by atoms with Gasteiger partial charge in [0.1, 0.15) is 12.1 Å². The van der Waals surface area contributed by atoms with Gasteiger partial charge in [-0.05, 0) is 38.2 Å². The number of carbonyl (C=O) groups excluding carboxylic acids is 2. The molecular weight excluding hydrogens is 448 g/mol. The summed E-state index contributed by atoms with van der Waals surface area (Å²) in [5.41, 5.74) is 11.2. The summed E-state index contributed by atoms with van der Waals surface area (Å²) < 4.78 is 27.6. The van der Waals surface area contributed by atoms with Crippen molar-refractivity contribution < 1.29 is 23.1 Å². The second-order valence-electron chi connectivity index (χ2n) is 8.10. The number of nitrogens with one attached hydrogen (secondary N) is 2. The number of carbonyl (C=O) groups is 2. The van der Waals surface area contributed by atoms with Gasteiger partial charge in [-0.1, -0.05) is 30.3 Å². The van der Waals surface area contributed by atoms with E-state index in [1.807, 2.05) is 0 Å². The van der Waals surface area contributed by atoms with Gasteiger partial charge in [0.05, 0.1) is 18.4 Å². The van der Waals surface area contributed by atoms with Crippen molar-refractivity contribution in [3.05, 3.63) is 35.9 Å². The van der Waals surface area contributed by atoms with E-state index in [4.69, 9.17) is 11.5 Å². The van der Waals surface area contributed by atoms with E-state index in [1.165, 1.54) is 4.90 Å². The summed E-state index contributed by atoms with van der Waals surface area (Å²) in [5.74, 6) is -1.11. The molecule has 1 aliphatic heterocycles. The molecule has 33 heavy (non-hydrogen) atoms. The fourth-order valence-corrected chi connectivity index (χ4v) is 5.03. The highest BCUT2D eigenvalue weighted by Crippen LogP contribution is 2.17. The lowest BCUT2D eigenvalue weighted by atomic mass is 10.0. The molecule has 11 nitrogen and oxygen atoms in total. The Morgan fingerprint density at radius 1 is 1.30 bits per heavy atom. The van der Waals surface area contributed by atoms with Gasteiger partial charge >= 0.3 is 0 Å². The number of aliphatic hydroxyl groups excluding tert-OH is 1. The molecule has 0 spiro atoms. The number of sulfonamides is 1. The molecule has 1 heterocycles. The number of aliphatic hydroxyl groups is 1. The number of guanidine groups is 1. The summed E-state index contributed by atoms with van der Waals surface area (Å²) in [5, 5.41) is 12.3. The van der Waals surface area contributed by atoms with Crippen molar-refractivity contribution in [2.24, 2.45) is 16.5 Å². The topological polar surface area (TPSA) is 180 Å². The quantitative estimate of drug-likeness (QED) is 0.144. The van der Waals surface area contributed by atoms with Crippen molar-refractivity contribution in [2.75, 3.05) is 19.7 Å². The number of hydrogen-bond acceptors (Lipinski definition) is 6. The molecule has 3 atom stereocenters. The Morgan fingerprint density at radius 3 is 2.64 bits per heavy atom. The molecule has 1 aromatic rings. The van der Waals surface area contributed by atoms with Crippen LogP contribution in [0.1, 0.15) is 38.2 Å². The van der Waals surface area contributed by atoms with Gasteiger partial charge < -0.3 is 26.8 Å². The van der Waals surface area contributed by atoms with Crippen LogP contribution in [0.5, 0.6) is 0 Å². The number of nitrogens with zero attached hydrogens (tertiary/aromatic N) is 2. The molecule has 1 fully saturated rings. The first kappa shape index (κ1) is 26.6. The maximum atomic E-state index is 13.0. The van der Waals surface area contributed by atoms with Gasteiger partial charge in [0.2, 0.25) is 21.8 Å². The van der Waals surface area contributed by atoms with E-state index in [1.54, 1.807) is 37.3 Å². The van der Waals surface area contributed by atoms with Gasteiger partial charge in [0.25, 0.3) is 0 Å². The van der Waals surface area contributed by atoms with Crippen LogP contribution >= 0.6 is 0 Å². The Balaban J connectivity index is 1.94. The van der Waals surface area contributed by atoms with Crippen LogP contribution in [0.4, 0.5) is 0 Å². The maximum Gasteiger partial charge on any atom is 0.242 e. The molecular formula is C21H34N6O5S. The van der Waals surface area contributed by atoms with E-state index in [-0.39, 0.29) is 18.3 Å². The molecule has 0 saturated carbocycles. The number of amides is 2. The Labute approximate surface area is 194 Å². The molecule has 1 aromatic carbocycles. The van der Waals surface area contributed by atoms with Crippen LogP contribution in [0, 0.1) is 0 Å². The summed E-state index contributed by atoms with van der Waals surface area (Å²) in [6, 6.07) is 6.46. The molecule has 1 saturated heterocycles. The van der Waals surface area contributed by atoms with Crippen LogP contribution in [0.15, 0.2) is 35.3 Å². The van der Waals surface area contributed by atoms with Crippen molar-refractivity contribution >= 4 is 27.8 Å². The average molecular weight is 483 g/mol. The molecule has 184 valence electrons. The van der Waals surface area contributed by atoms with E-state index in [0.29, 0.717) is 44.3 Å². The average Bonchev–Trinajstić information content (AvgIpc) is 2.76. The first-order valence-corrected chi connectivity index (χ1v) is 12.6. The highest BCUT2D eigenvalue weighted by molar-refractivity contribution is 7.88. The zero-order valence-electron chi connectivity index (χ0n) is 18.8. The lowest BCUT2D eigenvalue weighted by Gasteiger charge is -2.36. The minimum atomic E-state index is -3.74. The second-order valence-corrected chi connectivity index (χ2v) is 9.86. The van der Waals surface area contributed by atoms with Gasteiger partial charge in [-0.15, -0.1) is 0 Å². The number of rotatable bonds is 12. The third kappa shape index (κ3) is 8.63. The molecule has 2 amide bonds. The molecule has 1 aliphatic rings. The zero-order valence-corrected chi connectivity index (χ0v) is 19.6. The fourth-order valence-electron chi connectivity index (χ4n) is 3.66. The van der Waals surface area contributed by atoms with Crippen LogP contribution in [0.2, 0.25) is 0 Å². The SMILES string of the molecule is C[C@H](C(=O)N[C@H](CO)CCCN=C(N)N)N1CCC[C@H](NS(=O)(=O)Cc2ccccc2)C1=O. The van der Waals surface area contributed by atoms with E-state index >= 15 is 0 Å². The lowest BCUT2D eigenvalue weighted by Crippen LogP contribution is -2.58. The third-order valence-corrected chi connectivity index (χ3v) is 6.77. The molecule has 0 radical (unpaired) electrons. The van der Waals surface area contributed by atoms with Crippen molar-refractivity contribution in [1.82, 2.24) is 14.9 Å². The van der Waals surface area contributed by atoms with E-state index in [2.05, 4.69) is 15.0 Å². The van der Waals surface area contributed by atoms with Crippen LogP contribution < -0.4 is 21.5 Å². The normalized spacial score (nSPS) is 18.4. The zero-order chi connectivity index (χ0) is 24.4. The standard InChI is InChI=1S/C21H34N6O5S/c1-15(19(29)25-17(13-28)9-5-11-24-21(22)23)27-12-6-10-18(20(27)30)26-33(31,32)14-16-7-3-2-4-8-16/h2-4,7-8,15,17-18,26,28H,5-6,9-14H2,1H3,(H,25,29)(H4,22,23,24)/t15-,17+,18+/m1/s1. The smallest absolute Gasteiger partial charge is 0.242 e. The summed E-state index contributed by atoms with van der Waals surface area (Å²) >= 11 is 0. The number of piperidine rings is 1. The summed E-state index contributed by atoms with van der Waals surface area (Å²) in [6.07, 6.45) is 1.94. The number of benzene rings is 1. The first-order valence-electron chi connectivity index (χ1n) is 10.9. The minimum Gasteiger partial charge on any atom is -0.394 e. The second kappa shape index (κ2) is 12.5. The lowest BCUT2D eigenvalue weighted by molar-refractivity contribution is -0.143. The van der Waals surface area contributed by atoms with E-state index < -0.39 is 40.0 Å². The van der Waals surface area contributed by atoms with Gasteiger partial charge in [-0.3, -0.25) is 14.6 Å². The summed E-state index contributed by atoms with van der Waals surface area (Å²) in [6.45, 7) is 2.04. The molecule has 0 bridgehead atoms. The Hall–Kier alpha value is -2.70. The molecule has 0 aromatic heterocycles. The number of hydrogen-bond donors (Lipinski definition) is 5. The first-order chi connectivity index (χ1) is 15.6. The van der Waals surface area contributed by atoms with Gasteiger partial charge in [-0.25, -0.2) is 13.1 Å². The number of aliphatic imine (C=N–C) groups is 1. The van der Waals surface area contributed by atoms with Crippen LogP contribution in [0.3, 0.4) is 0 Å². The summed E-state index contributed by atoms with van der Waals surface area (Å²) in [4.78, 5) is 30.9. The molecule has 7 N–H and O–H groups in total. The van der Waals surface area contributed by atoms with Crippen molar-refractivity contribution in [1.29, 1.82) is 0 Å². The molecule has 0 aliphatic carbocycles. The predicted molar refractivity (Wildman–Crippen MR) is 125 cm³/mol. The van der Waals surface area contributed by atoms with Gasteiger partial charge in [-0.2, -0.15) is 0 Å². The van der Waals surface area contributed by atoms with E-state index in [0.717, 1.165) is 0 Å². The Kier molecular flexibility index (Phi) is 10.1. The number of nitrogens with two attached hydrogens (primary N) is 2. The fraction of sp³-hybridized carbons (Fsp3) is 0.571. The van der Waals surface area contributed by atoms with Gasteiger partial charge in [0.15, 0.2) is 5.96 Å². The van der Waals surface area contributed by atoms with Crippen molar-refractivity contribution in [2.45, 2.75) is 56.5 Å². The van der Waals surface area contributed by atoms with Crippen LogP contribution in [0.25, 0.3) is 0 Å². The number of likely N-dealkylation sites (tertiary alicyclic amines) is 1. The predicted octanol–water partition coefficient (Wildman–Crippen LogP) is -0.984. The van der Waals surface area contributed by atoms with Crippen LogP contribution in [-0.2, 0) is 25.4 Å². The summed E-state index contributed by atoms with van der Waals surface area (Å²) in [7, 11) is -3.74. The Bertz CT molecular complexity index is 920. The minimum absolute atomic E-state index is 0.0224. The highest BCUT2D eigenvalue weighted by Gasteiger charge is 2.36. The van der Waals surface area contributed by atoms with Gasteiger partial charge in [0, 0.05) is 13.1 Å². The van der Waals surface area contributed by atoms with Crippen molar-refractivity contribution in [3.8, 4) is 0 Å². The molecule has 12 heteroatoms. The maximum absolute atomic E-state index is 13.0. The monoisotopic (exact) mass is 482 g/mol.